The first-order chi connectivity index (χ1) is 10.2. The molecule has 1 fully saturated rings. The zero-order chi connectivity index (χ0) is 15.1. The number of morpholine rings is 1. The van der Waals surface area contributed by atoms with Gasteiger partial charge in [-0.3, -0.25) is 4.90 Å². The largest absolute Gasteiger partial charge is 0.494 e. The summed E-state index contributed by atoms with van der Waals surface area (Å²) in [7, 11) is 0. The van der Waals surface area contributed by atoms with Crippen LogP contribution in [0.2, 0.25) is 0 Å². The van der Waals surface area contributed by atoms with Gasteiger partial charge >= 0.3 is 0 Å². The highest BCUT2D eigenvalue weighted by molar-refractivity contribution is 5.29. The van der Waals surface area contributed by atoms with Gasteiger partial charge in [0.05, 0.1) is 13.2 Å². The lowest BCUT2D eigenvalue weighted by Gasteiger charge is -2.35. The number of hydrogen-bond acceptors (Lipinski definition) is 4. The Morgan fingerprint density at radius 1 is 1.29 bits per heavy atom. The Morgan fingerprint density at radius 3 is 2.71 bits per heavy atom. The minimum Gasteiger partial charge on any atom is -0.494 e. The van der Waals surface area contributed by atoms with E-state index in [9.17, 15) is 5.11 Å². The molecule has 0 amide bonds. The van der Waals surface area contributed by atoms with Gasteiger partial charge in [-0.25, -0.2) is 0 Å². The summed E-state index contributed by atoms with van der Waals surface area (Å²) in [5, 5.41) is 10.5. The van der Waals surface area contributed by atoms with Gasteiger partial charge in [0.15, 0.2) is 0 Å². The van der Waals surface area contributed by atoms with Crippen molar-refractivity contribution < 1.29 is 14.6 Å². The van der Waals surface area contributed by atoms with Crippen LogP contribution < -0.4 is 4.74 Å². The van der Waals surface area contributed by atoms with Crippen LogP contribution in [0, 0.1) is 0 Å². The van der Waals surface area contributed by atoms with Gasteiger partial charge in [0.1, 0.15) is 18.0 Å². The lowest BCUT2D eigenvalue weighted by Crippen LogP contribution is -2.45. The van der Waals surface area contributed by atoms with Gasteiger partial charge in [-0.2, -0.15) is 0 Å². The molecule has 4 heteroatoms. The van der Waals surface area contributed by atoms with Crippen molar-refractivity contribution in [2.75, 3.05) is 32.8 Å². The molecule has 2 atom stereocenters. The van der Waals surface area contributed by atoms with Crippen LogP contribution >= 0.6 is 0 Å². The Bertz CT molecular complexity index is 405. The zero-order valence-electron chi connectivity index (χ0n) is 13.1. The summed E-state index contributed by atoms with van der Waals surface area (Å²) >= 11 is 0. The van der Waals surface area contributed by atoms with Gasteiger partial charge in [0.25, 0.3) is 0 Å². The average molecular weight is 293 g/mol. The van der Waals surface area contributed by atoms with E-state index in [1.807, 2.05) is 24.3 Å². The molecule has 1 N–H and O–H groups in total. The second-order valence-corrected chi connectivity index (χ2v) is 5.57. The van der Waals surface area contributed by atoms with E-state index in [4.69, 9.17) is 9.47 Å². The molecule has 1 aromatic carbocycles. The molecule has 0 aliphatic carbocycles. The van der Waals surface area contributed by atoms with Crippen molar-refractivity contribution in [3.05, 3.63) is 29.8 Å². The first-order valence-electron chi connectivity index (χ1n) is 7.99. The second kappa shape index (κ2) is 8.37. The first-order valence-corrected chi connectivity index (χ1v) is 7.99. The molecule has 0 saturated carbocycles. The van der Waals surface area contributed by atoms with Crippen LogP contribution in [0.3, 0.4) is 0 Å². The van der Waals surface area contributed by atoms with Crippen molar-refractivity contribution in [2.45, 2.75) is 38.9 Å². The molecule has 0 radical (unpaired) electrons. The minimum atomic E-state index is -0.579. The fourth-order valence-electron chi connectivity index (χ4n) is 2.64. The molecular formula is C17H27NO3. The van der Waals surface area contributed by atoms with Gasteiger partial charge in [-0.05, 0) is 37.1 Å². The third kappa shape index (κ3) is 4.70. The summed E-state index contributed by atoms with van der Waals surface area (Å²) in [6.45, 7) is 8.50. The number of rotatable bonds is 7. The molecule has 1 aliphatic rings. The van der Waals surface area contributed by atoms with E-state index < -0.39 is 6.10 Å². The third-order valence-electron chi connectivity index (χ3n) is 3.76. The lowest BCUT2D eigenvalue weighted by atomic mass is 10.0. The maximum absolute atomic E-state index is 10.5. The summed E-state index contributed by atoms with van der Waals surface area (Å²) < 4.78 is 11.3. The second-order valence-electron chi connectivity index (χ2n) is 5.57. The van der Waals surface area contributed by atoms with Crippen LogP contribution in [0.25, 0.3) is 0 Å². The van der Waals surface area contributed by atoms with Crippen molar-refractivity contribution in [3.63, 3.8) is 0 Å². The standard InChI is InChI=1S/C17H27NO3/c1-3-9-18-10-12-21-16(13-18)17(19)14-5-7-15(8-6-14)20-11-4-2/h5-8,16-17,19H,3-4,9-13H2,1-2H3. The predicted molar refractivity (Wildman–Crippen MR) is 83.7 cm³/mol. The molecule has 2 rings (SSSR count). The van der Waals surface area contributed by atoms with Crippen LogP contribution in [-0.4, -0.2) is 49.0 Å². The summed E-state index contributed by atoms with van der Waals surface area (Å²) in [4.78, 5) is 2.36. The van der Waals surface area contributed by atoms with Crippen molar-refractivity contribution in [3.8, 4) is 5.75 Å². The van der Waals surface area contributed by atoms with E-state index in [0.717, 1.165) is 50.4 Å². The van der Waals surface area contributed by atoms with Crippen molar-refractivity contribution in [2.24, 2.45) is 0 Å². The van der Waals surface area contributed by atoms with Gasteiger partial charge in [-0.15, -0.1) is 0 Å². The number of aliphatic hydroxyl groups is 1. The maximum Gasteiger partial charge on any atom is 0.119 e. The highest BCUT2D eigenvalue weighted by Crippen LogP contribution is 2.24. The summed E-state index contributed by atoms with van der Waals surface area (Å²) in [6.07, 6.45) is 1.40. The summed E-state index contributed by atoms with van der Waals surface area (Å²) in [5.41, 5.74) is 0.891. The van der Waals surface area contributed by atoms with E-state index in [1.165, 1.54) is 0 Å². The van der Waals surface area contributed by atoms with Crippen LogP contribution in [0.5, 0.6) is 5.75 Å². The van der Waals surface area contributed by atoms with Crippen LogP contribution in [0.15, 0.2) is 24.3 Å². The predicted octanol–water partition coefficient (Wildman–Crippen LogP) is 2.62. The lowest BCUT2D eigenvalue weighted by molar-refractivity contribution is -0.0898. The Hall–Kier alpha value is -1.10. The fourth-order valence-corrected chi connectivity index (χ4v) is 2.64. The van der Waals surface area contributed by atoms with Gasteiger partial charge in [-0.1, -0.05) is 26.0 Å². The SMILES string of the molecule is CCCOc1ccc(C(O)C2CN(CCC)CCO2)cc1. The quantitative estimate of drug-likeness (QED) is 0.839. The molecule has 1 aromatic rings. The molecule has 4 nitrogen and oxygen atoms in total. The van der Waals surface area contributed by atoms with E-state index in [1.54, 1.807) is 0 Å². The Balaban J connectivity index is 1.93. The highest BCUT2D eigenvalue weighted by Gasteiger charge is 2.27. The molecule has 1 saturated heterocycles. The minimum absolute atomic E-state index is 0.146. The van der Waals surface area contributed by atoms with Crippen LogP contribution in [0.4, 0.5) is 0 Å². The van der Waals surface area contributed by atoms with E-state index in [2.05, 4.69) is 18.7 Å². The van der Waals surface area contributed by atoms with E-state index in [0.29, 0.717) is 6.61 Å². The van der Waals surface area contributed by atoms with Gasteiger partial charge < -0.3 is 14.6 Å². The number of nitrogens with zero attached hydrogens (tertiary/aromatic N) is 1. The molecule has 0 spiro atoms. The van der Waals surface area contributed by atoms with Gasteiger partial charge in [0, 0.05) is 13.1 Å². The van der Waals surface area contributed by atoms with Gasteiger partial charge in [0.2, 0.25) is 0 Å². The van der Waals surface area contributed by atoms with Crippen molar-refractivity contribution in [1.82, 2.24) is 4.90 Å². The first kappa shape index (κ1) is 16.3. The molecular weight excluding hydrogens is 266 g/mol. The molecule has 21 heavy (non-hydrogen) atoms. The van der Waals surface area contributed by atoms with Crippen molar-refractivity contribution >= 4 is 0 Å². The summed E-state index contributed by atoms with van der Waals surface area (Å²) in [6, 6.07) is 7.69. The smallest absolute Gasteiger partial charge is 0.119 e. The molecule has 1 aliphatic heterocycles. The molecule has 1 heterocycles. The van der Waals surface area contributed by atoms with Crippen LogP contribution in [-0.2, 0) is 4.74 Å². The van der Waals surface area contributed by atoms with Crippen LogP contribution in [0.1, 0.15) is 38.4 Å². The molecule has 0 aromatic heterocycles. The third-order valence-corrected chi connectivity index (χ3v) is 3.76. The normalized spacial score (nSPS) is 21.2. The Labute approximate surface area is 127 Å². The summed E-state index contributed by atoms with van der Waals surface area (Å²) in [5.74, 6) is 0.852. The monoisotopic (exact) mass is 293 g/mol. The molecule has 118 valence electrons. The zero-order valence-corrected chi connectivity index (χ0v) is 13.1. The number of benzene rings is 1. The van der Waals surface area contributed by atoms with E-state index >= 15 is 0 Å². The topological polar surface area (TPSA) is 41.9 Å². The Kier molecular flexibility index (Phi) is 6.49. The average Bonchev–Trinajstić information content (AvgIpc) is 2.53. The maximum atomic E-state index is 10.5. The fraction of sp³-hybridized carbons (Fsp3) is 0.647. The number of hydrogen-bond donors (Lipinski definition) is 1. The highest BCUT2D eigenvalue weighted by atomic mass is 16.5. The number of ether oxygens (including phenoxy) is 2. The van der Waals surface area contributed by atoms with E-state index in [-0.39, 0.29) is 6.10 Å². The van der Waals surface area contributed by atoms with Crippen molar-refractivity contribution in [1.29, 1.82) is 0 Å². The molecule has 0 bridgehead atoms. The Morgan fingerprint density at radius 2 is 2.05 bits per heavy atom. The number of aliphatic hydroxyl groups excluding tert-OH is 1. The molecule has 2 unspecified atom stereocenters.